The molecular formula is C42H62O8Sn. The second kappa shape index (κ2) is 31.8. The predicted molar refractivity (Wildman–Crippen MR) is 197 cm³/mol. The smallest absolute Gasteiger partial charge is 0.0448 e. The largest absolute Gasteiger partial charge is 0.550 e. The molecule has 9 heteroatoms. The van der Waals surface area contributed by atoms with Gasteiger partial charge in [-0.05, 0) is 62.5 Å². The maximum absolute atomic E-state index is 10.9. The maximum atomic E-state index is 10.9. The Morgan fingerprint density at radius 3 is 1.16 bits per heavy atom. The van der Waals surface area contributed by atoms with Gasteiger partial charge in [-0.1, -0.05) is 60.7 Å². The molecule has 282 valence electrons. The second-order valence-corrected chi connectivity index (χ2v) is 17.2. The molecule has 2 aromatic carbocycles. The summed E-state index contributed by atoms with van der Waals surface area (Å²) in [7, 11) is 0. The Hall–Kier alpha value is -2.88. The van der Waals surface area contributed by atoms with Gasteiger partial charge in [0.05, 0.1) is 0 Å². The van der Waals surface area contributed by atoms with Crippen molar-refractivity contribution < 1.29 is 39.6 Å². The van der Waals surface area contributed by atoms with Crippen molar-refractivity contribution in [3.05, 3.63) is 71.8 Å². The third kappa shape index (κ3) is 27.4. The molecule has 0 aliphatic carbocycles. The molecule has 4 unspecified atom stereocenters. The van der Waals surface area contributed by atoms with Crippen molar-refractivity contribution in [3.63, 3.8) is 0 Å². The van der Waals surface area contributed by atoms with Crippen molar-refractivity contribution >= 4 is 45.0 Å². The quantitative estimate of drug-likeness (QED) is 0.120. The topological polar surface area (TPSA) is 161 Å². The van der Waals surface area contributed by atoms with Gasteiger partial charge in [-0.2, -0.15) is 0 Å². The molecule has 0 saturated carbocycles. The number of carbonyl (C=O) groups excluding carboxylic acids is 4. The molecule has 0 aromatic heterocycles. The van der Waals surface area contributed by atoms with E-state index in [1.165, 1.54) is 51.4 Å². The summed E-state index contributed by atoms with van der Waals surface area (Å²) in [6.07, 6.45) is 13.3. The van der Waals surface area contributed by atoms with Crippen LogP contribution in [0, 0.1) is 23.7 Å². The molecule has 2 aromatic rings. The molecule has 2 rings (SSSR count). The van der Waals surface area contributed by atoms with Crippen LogP contribution in [0.25, 0.3) is 0 Å². The summed E-state index contributed by atoms with van der Waals surface area (Å²) in [6, 6.07) is 18.4. The van der Waals surface area contributed by atoms with E-state index in [0.717, 1.165) is 23.0 Å². The minimum Gasteiger partial charge on any atom is -0.550 e. The molecule has 0 heterocycles. The zero-order chi connectivity index (χ0) is 38.3. The molecule has 0 spiro atoms. The van der Waals surface area contributed by atoms with Gasteiger partial charge in [-0.3, -0.25) is 0 Å². The average Bonchev–Trinajstić information content (AvgIpc) is 3.11. The molecule has 0 fully saturated rings. The van der Waals surface area contributed by atoms with E-state index in [2.05, 4.69) is 27.7 Å². The molecule has 0 aliphatic heterocycles. The van der Waals surface area contributed by atoms with Gasteiger partial charge < -0.3 is 39.6 Å². The zero-order valence-electron chi connectivity index (χ0n) is 31.6. The first kappa shape index (κ1) is 48.1. The Balaban J connectivity index is 0.000000735. The summed E-state index contributed by atoms with van der Waals surface area (Å²) in [5.41, 5.74) is 1.82. The molecule has 4 atom stereocenters. The molecule has 51 heavy (non-hydrogen) atoms. The predicted octanol–water partition coefficient (Wildman–Crippen LogP) is 4.99. The Morgan fingerprint density at radius 2 is 0.882 bits per heavy atom. The summed E-state index contributed by atoms with van der Waals surface area (Å²) in [4.78, 5) is 42.3. The van der Waals surface area contributed by atoms with E-state index < -0.39 is 35.7 Å². The first-order valence-corrected chi connectivity index (χ1v) is 23.1. The molecule has 0 bridgehead atoms. The van der Waals surface area contributed by atoms with Gasteiger partial charge in [0.2, 0.25) is 0 Å². The number of unbranched alkanes of at least 4 members (excludes halogenated alkanes) is 2. The number of carboxylic acid groups (broad SMARTS) is 4. The number of hydrogen-bond acceptors (Lipinski definition) is 8. The first-order valence-electron chi connectivity index (χ1n) is 19.1. The van der Waals surface area contributed by atoms with E-state index in [-0.39, 0.29) is 34.0 Å². The number of aliphatic carboxylic acids is 4. The second-order valence-electron chi connectivity index (χ2n) is 13.4. The molecule has 0 saturated heterocycles. The Kier molecular flexibility index (Phi) is 30.0. The Labute approximate surface area is 318 Å². The maximum Gasteiger partial charge on any atom is 0.0448 e. The van der Waals surface area contributed by atoms with Crippen LogP contribution < -0.4 is 20.4 Å². The van der Waals surface area contributed by atoms with E-state index >= 15 is 0 Å². The van der Waals surface area contributed by atoms with Crippen LogP contribution in [0.4, 0.5) is 0 Å². The fraction of sp³-hybridized carbons (Fsp3) is 0.619. The number of carbonyl (C=O) groups is 4. The summed E-state index contributed by atoms with van der Waals surface area (Å²) >= 11 is -0.0388. The summed E-state index contributed by atoms with van der Waals surface area (Å²) < 4.78 is 3.31. The van der Waals surface area contributed by atoms with Crippen LogP contribution in [0.5, 0.6) is 0 Å². The number of benzene rings is 2. The first-order chi connectivity index (χ1) is 24.5. The summed E-state index contributed by atoms with van der Waals surface area (Å²) in [5.74, 6) is -3.67. The van der Waals surface area contributed by atoms with Gasteiger partial charge in [0.25, 0.3) is 0 Å². The Bertz CT molecular complexity index is 1080. The monoisotopic (exact) mass is 814 g/mol. The van der Waals surface area contributed by atoms with Crippen LogP contribution >= 0.6 is 0 Å². The van der Waals surface area contributed by atoms with Crippen molar-refractivity contribution in [2.24, 2.45) is 23.7 Å². The Morgan fingerprint density at radius 1 is 0.529 bits per heavy atom. The molecule has 8 nitrogen and oxygen atoms in total. The van der Waals surface area contributed by atoms with E-state index in [1.54, 1.807) is 8.87 Å². The summed E-state index contributed by atoms with van der Waals surface area (Å²) in [6.45, 7) is 9.44. The van der Waals surface area contributed by atoms with Crippen LogP contribution in [-0.2, 0) is 32.0 Å². The summed E-state index contributed by atoms with van der Waals surface area (Å²) in [5, 5.41) is 42.3. The minimum absolute atomic E-state index is 0.0388. The van der Waals surface area contributed by atoms with Crippen LogP contribution in [0.3, 0.4) is 0 Å². The van der Waals surface area contributed by atoms with Gasteiger partial charge in [0, 0.05) is 35.7 Å². The van der Waals surface area contributed by atoms with Gasteiger partial charge in [-0.15, -0.1) is 0 Å². The molecule has 0 amide bonds. The number of rotatable bonds is 26. The van der Waals surface area contributed by atoms with Crippen LogP contribution in [-0.4, -0.2) is 45.0 Å². The SMILES string of the molecule is CCCCC(CC)[CH2][Sn+4][CH2]C(CC)CCCC.O=C([O-])CCCC(Cc1ccccc1)C(=O)[O-].O=C([O-])CCCC(Cc1ccccc1)C(=O)[O-]. The van der Waals surface area contributed by atoms with Gasteiger partial charge in [0.15, 0.2) is 0 Å². The van der Waals surface area contributed by atoms with Crippen LogP contribution in [0.15, 0.2) is 60.7 Å². The minimum atomic E-state index is -1.15. The van der Waals surface area contributed by atoms with E-state index in [9.17, 15) is 39.6 Å². The van der Waals surface area contributed by atoms with Gasteiger partial charge in [-0.25, -0.2) is 0 Å². The van der Waals surface area contributed by atoms with Crippen LogP contribution in [0.1, 0.15) is 129 Å². The third-order valence-corrected chi connectivity index (χ3v) is 14.1. The van der Waals surface area contributed by atoms with E-state index in [1.807, 2.05) is 60.7 Å². The van der Waals surface area contributed by atoms with E-state index in [0.29, 0.717) is 38.5 Å². The van der Waals surface area contributed by atoms with Crippen molar-refractivity contribution in [2.45, 2.75) is 139 Å². The van der Waals surface area contributed by atoms with Crippen molar-refractivity contribution in [1.82, 2.24) is 0 Å². The van der Waals surface area contributed by atoms with Crippen molar-refractivity contribution in [1.29, 1.82) is 0 Å². The average molecular weight is 814 g/mol. The zero-order valence-corrected chi connectivity index (χ0v) is 34.4. The molecule has 0 aliphatic rings. The number of hydrogen-bond donors (Lipinski definition) is 0. The standard InChI is InChI=1S/2C13H16O4.2C8H17.Sn/c2*14-12(15)8-4-7-11(13(16)17)9-10-5-2-1-3-6-10;2*1-4-6-7-8(3)5-2;/h2*1-3,5-6,11H,4,7-9H2,(H,14,15)(H,16,17);2*8H,3-7H2,1-2H3;/q;;;;+4/p-4. The van der Waals surface area contributed by atoms with Gasteiger partial charge in [0.1, 0.15) is 0 Å². The third-order valence-electron chi connectivity index (χ3n) is 9.14. The fourth-order valence-corrected chi connectivity index (χ4v) is 11.4. The van der Waals surface area contributed by atoms with Gasteiger partial charge >= 0.3 is 121 Å². The molecular weight excluding hydrogens is 751 g/mol. The van der Waals surface area contributed by atoms with Crippen molar-refractivity contribution in [3.8, 4) is 0 Å². The van der Waals surface area contributed by atoms with Crippen molar-refractivity contribution in [2.75, 3.05) is 0 Å². The fourth-order valence-electron chi connectivity index (χ4n) is 5.77. The van der Waals surface area contributed by atoms with E-state index in [4.69, 9.17) is 0 Å². The van der Waals surface area contributed by atoms with Crippen LogP contribution in [0.2, 0.25) is 8.87 Å². The molecule has 0 N–H and O–H groups in total. The number of carboxylic acids is 4. The normalized spacial score (nSPS) is 12.9. The molecule has 6 radical (unpaired) electrons.